The maximum atomic E-state index is 13.0. The standard InChI is InChI=1S/C11H11BrFNO2/c1-2-5-14-10(11(15)16)7-3-4-9(13)8(12)6-7/h2-4,6,10,14H,1,5H2,(H,15,16). The molecule has 0 amide bonds. The lowest BCUT2D eigenvalue weighted by molar-refractivity contribution is -0.139. The average molecular weight is 288 g/mol. The third kappa shape index (κ3) is 3.15. The first-order valence-electron chi connectivity index (χ1n) is 4.58. The Morgan fingerprint density at radius 2 is 2.38 bits per heavy atom. The van der Waals surface area contributed by atoms with Crippen LogP contribution in [0.4, 0.5) is 4.39 Å². The zero-order valence-electron chi connectivity index (χ0n) is 8.41. The predicted octanol–water partition coefficient (Wildman–Crippen LogP) is 2.49. The molecular weight excluding hydrogens is 277 g/mol. The SMILES string of the molecule is C=CCNC(C(=O)O)c1ccc(F)c(Br)c1. The summed E-state index contributed by atoms with van der Waals surface area (Å²) in [6, 6.07) is 3.25. The zero-order valence-corrected chi connectivity index (χ0v) is 10.00. The van der Waals surface area contributed by atoms with Gasteiger partial charge in [-0.3, -0.25) is 10.1 Å². The second kappa shape index (κ2) is 5.77. The van der Waals surface area contributed by atoms with Crippen molar-refractivity contribution in [1.29, 1.82) is 0 Å². The van der Waals surface area contributed by atoms with E-state index in [9.17, 15) is 9.18 Å². The van der Waals surface area contributed by atoms with Crippen molar-refractivity contribution in [3.8, 4) is 0 Å². The van der Waals surface area contributed by atoms with Gasteiger partial charge in [-0.15, -0.1) is 6.58 Å². The molecule has 0 aliphatic rings. The summed E-state index contributed by atoms with van der Waals surface area (Å²) in [5.74, 6) is -1.43. The van der Waals surface area contributed by atoms with Crippen LogP contribution in [-0.2, 0) is 4.79 Å². The van der Waals surface area contributed by atoms with E-state index in [2.05, 4.69) is 27.8 Å². The molecule has 0 bridgehead atoms. The van der Waals surface area contributed by atoms with Crippen LogP contribution < -0.4 is 5.32 Å². The Hall–Kier alpha value is -1.20. The van der Waals surface area contributed by atoms with E-state index in [1.807, 2.05) is 0 Å². The minimum absolute atomic E-state index is 0.247. The van der Waals surface area contributed by atoms with Gasteiger partial charge >= 0.3 is 5.97 Å². The molecule has 0 radical (unpaired) electrons. The molecule has 86 valence electrons. The molecular formula is C11H11BrFNO2. The first-order chi connectivity index (χ1) is 7.56. The lowest BCUT2D eigenvalue weighted by Crippen LogP contribution is -2.28. The summed E-state index contributed by atoms with van der Waals surface area (Å²) in [5.41, 5.74) is 0.489. The normalized spacial score (nSPS) is 12.1. The first kappa shape index (κ1) is 12.9. The second-order valence-electron chi connectivity index (χ2n) is 3.14. The minimum atomic E-state index is -1.01. The van der Waals surface area contributed by atoms with Gasteiger partial charge in [0.05, 0.1) is 4.47 Å². The molecule has 0 spiro atoms. The van der Waals surface area contributed by atoms with E-state index < -0.39 is 17.8 Å². The van der Waals surface area contributed by atoms with Gasteiger partial charge in [0.25, 0.3) is 0 Å². The van der Waals surface area contributed by atoms with Crippen molar-refractivity contribution in [2.24, 2.45) is 0 Å². The van der Waals surface area contributed by atoms with E-state index in [1.165, 1.54) is 18.2 Å². The van der Waals surface area contributed by atoms with Crippen LogP contribution in [0.15, 0.2) is 35.3 Å². The molecule has 0 aromatic heterocycles. The predicted molar refractivity (Wildman–Crippen MR) is 62.7 cm³/mol. The Balaban J connectivity index is 2.96. The lowest BCUT2D eigenvalue weighted by atomic mass is 10.1. The van der Waals surface area contributed by atoms with Crippen LogP contribution in [-0.4, -0.2) is 17.6 Å². The van der Waals surface area contributed by atoms with Crippen molar-refractivity contribution in [1.82, 2.24) is 5.32 Å². The molecule has 16 heavy (non-hydrogen) atoms. The van der Waals surface area contributed by atoms with E-state index in [4.69, 9.17) is 5.11 Å². The summed E-state index contributed by atoms with van der Waals surface area (Å²) in [5, 5.41) is 11.8. The van der Waals surface area contributed by atoms with Crippen molar-refractivity contribution in [3.05, 3.63) is 46.7 Å². The molecule has 1 rings (SSSR count). The highest BCUT2D eigenvalue weighted by atomic mass is 79.9. The van der Waals surface area contributed by atoms with Gasteiger partial charge in [-0.1, -0.05) is 12.1 Å². The van der Waals surface area contributed by atoms with Gasteiger partial charge in [-0.05, 0) is 33.6 Å². The third-order valence-electron chi connectivity index (χ3n) is 1.99. The number of hydrogen-bond acceptors (Lipinski definition) is 2. The maximum absolute atomic E-state index is 13.0. The highest BCUT2D eigenvalue weighted by Crippen LogP contribution is 2.21. The molecule has 1 aromatic rings. The van der Waals surface area contributed by atoms with Crippen molar-refractivity contribution >= 4 is 21.9 Å². The van der Waals surface area contributed by atoms with Crippen molar-refractivity contribution in [3.63, 3.8) is 0 Å². The van der Waals surface area contributed by atoms with E-state index in [0.717, 1.165) is 0 Å². The highest BCUT2D eigenvalue weighted by molar-refractivity contribution is 9.10. The second-order valence-corrected chi connectivity index (χ2v) is 4.00. The van der Waals surface area contributed by atoms with Crippen LogP contribution in [0.2, 0.25) is 0 Å². The van der Waals surface area contributed by atoms with E-state index in [1.54, 1.807) is 6.08 Å². The number of aliphatic carboxylic acids is 1. The van der Waals surface area contributed by atoms with Gasteiger partial charge in [0.15, 0.2) is 0 Å². The molecule has 5 heteroatoms. The summed E-state index contributed by atoms with van der Waals surface area (Å²) in [7, 11) is 0. The fraction of sp³-hybridized carbons (Fsp3) is 0.182. The fourth-order valence-electron chi connectivity index (χ4n) is 1.24. The summed E-state index contributed by atoms with van der Waals surface area (Å²) in [6.07, 6.45) is 1.56. The van der Waals surface area contributed by atoms with Gasteiger partial charge in [-0.2, -0.15) is 0 Å². The Morgan fingerprint density at radius 1 is 1.69 bits per heavy atom. The first-order valence-corrected chi connectivity index (χ1v) is 5.37. The zero-order chi connectivity index (χ0) is 12.1. The number of rotatable bonds is 5. The van der Waals surface area contributed by atoms with Crippen LogP contribution in [0.5, 0.6) is 0 Å². The molecule has 0 heterocycles. The molecule has 0 fully saturated rings. The van der Waals surface area contributed by atoms with Gasteiger partial charge in [-0.25, -0.2) is 4.39 Å². The molecule has 3 nitrogen and oxygen atoms in total. The number of carboxylic acid groups (broad SMARTS) is 1. The van der Waals surface area contributed by atoms with Crippen molar-refractivity contribution in [2.75, 3.05) is 6.54 Å². The van der Waals surface area contributed by atoms with Gasteiger partial charge in [0, 0.05) is 6.54 Å². The Morgan fingerprint density at radius 3 is 2.88 bits per heavy atom. The number of nitrogens with one attached hydrogen (secondary N) is 1. The highest BCUT2D eigenvalue weighted by Gasteiger charge is 2.19. The quantitative estimate of drug-likeness (QED) is 0.818. The van der Waals surface area contributed by atoms with Gasteiger partial charge < -0.3 is 5.11 Å². The fourth-order valence-corrected chi connectivity index (χ4v) is 1.64. The van der Waals surface area contributed by atoms with Crippen molar-refractivity contribution < 1.29 is 14.3 Å². The monoisotopic (exact) mass is 287 g/mol. The van der Waals surface area contributed by atoms with Gasteiger partial charge in [0.1, 0.15) is 11.9 Å². The summed E-state index contributed by atoms with van der Waals surface area (Å²) in [4.78, 5) is 11.0. The molecule has 0 aliphatic carbocycles. The largest absolute Gasteiger partial charge is 0.480 e. The Kier molecular flexibility index (Phi) is 4.64. The number of halogens is 2. The van der Waals surface area contributed by atoms with Gasteiger partial charge in [0.2, 0.25) is 0 Å². The molecule has 2 N–H and O–H groups in total. The maximum Gasteiger partial charge on any atom is 0.325 e. The average Bonchev–Trinajstić information content (AvgIpc) is 2.23. The molecule has 0 aliphatic heterocycles. The van der Waals surface area contributed by atoms with Crippen LogP contribution in [0.25, 0.3) is 0 Å². The minimum Gasteiger partial charge on any atom is -0.480 e. The molecule has 1 atom stereocenters. The molecule has 0 saturated heterocycles. The molecule has 1 unspecified atom stereocenters. The molecule has 0 saturated carbocycles. The van der Waals surface area contributed by atoms with E-state index in [-0.39, 0.29) is 4.47 Å². The summed E-state index contributed by atoms with van der Waals surface area (Å²) < 4.78 is 13.2. The Bertz CT molecular complexity index is 409. The smallest absolute Gasteiger partial charge is 0.325 e. The lowest BCUT2D eigenvalue weighted by Gasteiger charge is -2.13. The number of carbonyl (C=O) groups is 1. The van der Waals surface area contributed by atoms with Crippen LogP contribution in [0.1, 0.15) is 11.6 Å². The molecule has 1 aromatic carbocycles. The summed E-state index contributed by atoms with van der Waals surface area (Å²) >= 11 is 3.02. The van der Waals surface area contributed by atoms with Crippen LogP contribution in [0.3, 0.4) is 0 Å². The summed E-state index contributed by atoms with van der Waals surface area (Å²) in [6.45, 7) is 3.86. The Labute approximate surface area is 101 Å². The van der Waals surface area contributed by atoms with Crippen molar-refractivity contribution in [2.45, 2.75) is 6.04 Å². The third-order valence-corrected chi connectivity index (χ3v) is 2.60. The van der Waals surface area contributed by atoms with Crippen LogP contribution >= 0.6 is 15.9 Å². The topological polar surface area (TPSA) is 49.3 Å². The van der Waals surface area contributed by atoms with Crippen LogP contribution in [0, 0.1) is 5.82 Å². The van der Waals surface area contributed by atoms with E-state index >= 15 is 0 Å². The number of hydrogen-bond donors (Lipinski definition) is 2. The van der Waals surface area contributed by atoms with E-state index in [0.29, 0.717) is 12.1 Å². The number of carboxylic acids is 1. The number of benzene rings is 1.